The van der Waals surface area contributed by atoms with Crippen LogP contribution >= 0.6 is 11.3 Å². The van der Waals surface area contributed by atoms with Crippen LogP contribution in [0, 0.1) is 0 Å². The maximum atomic E-state index is 12.6. The van der Waals surface area contributed by atoms with Crippen LogP contribution in [0.2, 0.25) is 0 Å². The van der Waals surface area contributed by atoms with E-state index in [-0.39, 0.29) is 17.9 Å². The summed E-state index contributed by atoms with van der Waals surface area (Å²) >= 11 is 1.42. The van der Waals surface area contributed by atoms with E-state index in [2.05, 4.69) is 12.2 Å². The molecule has 0 radical (unpaired) electrons. The first kappa shape index (κ1) is 15.7. The molecule has 1 aliphatic rings. The highest BCUT2D eigenvalue weighted by Gasteiger charge is 2.34. The van der Waals surface area contributed by atoms with Gasteiger partial charge in [0.1, 0.15) is 6.04 Å². The van der Waals surface area contributed by atoms with Crippen LogP contribution in [0.4, 0.5) is 5.69 Å². The van der Waals surface area contributed by atoms with Gasteiger partial charge in [-0.05, 0) is 48.4 Å². The van der Waals surface area contributed by atoms with Crippen LogP contribution in [-0.4, -0.2) is 29.3 Å². The molecule has 0 saturated carbocycles. The molecular weight excluding hydrogens is 308 g/mol. The summed E-state index contributed by atoms with van der Waals surface area (Å²) in [5, 5.41) is 4.84. The zero-order valence-corrected chi connectivity index (χ0v) is 13.9. The second kappa shape index (κ2) is 6.96. The van der Waals surface area contributed by atoms with Gasteiger partial charge >= 0.3 is 0 Å². The largest absolute Gasteiger partial charge is 0.326 e. The Kier molecular flexibility index (Phi) is 4.76. The van der Waals surface area contributed by atoms with Crippen molar-refractivity contribution in [2.45, 2.75) is 32.2 Å². The number of carbonyl (C=O) groups excluding carboxylic acids is 2. The monoisotopic (exact) mass is 328 g/mol. The predicted octanol–water partition coefficient (Wildman–Crippen LogP) is 3.55. The van der Waals surface area contributed by atoms with Crippen molar-refractivity contribution < 1.29 is 9.59 Å². The van der Waals surface area contributed by atoms with Gasteiger partial charge in [-0.15, -0.1) is 11.3 Å². The third-order valence-corrected chi connectivity index (χ3v) is 5.01. The van der Waals surface area contributed by atoms with Crippen LogP contribution in [-0.2, 0) is 11.2 Å². The van der Waals surface area contributed by atoms with Crippen molar-refractivity contribution in [3.8, 4) is 0 Å². The van der Waals surface area contributed by atoms with Crippen molar-refractivity contribution in [3.05, 3.63) is 52.2 Å². The van der Waals surface area contributed by atoms with Gasteiger partial charge in [-0.25, -0.2) is 0 Å². The van der Waals surface area contributed by atoms with E-state index in [1.807, 2.05) is 41.8 Å². The van der Waals surface area contributed by atoms with Gasteiger partial charge in [0.15, 0.2) is 0 Å². The lowest BCUT2D eigenvalue weighted by Gasteiger charge is -2.23. The van der Waals surface area contributed by atoms with Crippen molar-refractivity contribution >= 4 is 28.8 Å². The number of amides is 2. The van der Waals surface area contributed by atoms with Crippen LogP contribution in [0.3, 0.4) is 0 Å². The Hall–Kier alpha value is -2.14. The fourth-order valence-electron chi connectivity index (χ4n) is 2.92. The topological polar surface area (TPSA) is 49.4 Å². The van der Waals surface area contributed by atoms with Crippen LogP contribution in [0.1, 0.15) is 35.0 Å². The lowest BCUT2D eigenvalue weighted by Crippen LogP contribution is -2.42. The molecule has 0 aliphatic carbocycles. The predicted molar refractivity (Wildman–Crippen MR) is 92.8 cm³/mol. The molecule has 1 N–H and O–H groups in total. The van der Waals surface area contributed by atoms with Gasteiger partial charge < -0.3 is 10.2 Å². The van der Waals surface area contributed by atoms with Gasteiger partial charge in [0, 0.05) is 12.2 Å². The van der Waals surface area contributed by atoms with E-state index in [1.54, 1.807) is 4.90 Å². The van der Waals surface area contributed by atoms with Crippen LogP contribution in [0.25, 0.3) is 0 Å². The lowest BCUT2D eigenvalue weighted by atomic mass is 10.1. The minimum atomic E-state index is -0.380. The number of aryl methyl sites for hydroxylation is 1. The Morgan fingerprint density at radius 1 is 1.30 bits per heavy atom. The SMILES string of the molecule is CCc1cccc(NC(=O)[C@@H]2CCCN2C(=O)c2cccs2)c1. The quantitative estimate of drug-likeness (QED) is 0.933. The molecule has 23 heavy (non-hydrogen) atoms. The number of likely N-dealkylation sites (tertiary alicyclic amines) is 1. The minimum absolute atomic E-state index is 0.0417. The van der Waals surface area contributed by atoms with E-state index in [1.165, 1.54) is 16.9 Å². The van der Waals surface area contributed by atoms with Crippen molar-refractivity contribution in [2.24, 2.45) is 0 Å². The fourth-order valence-corrected chi connectivity index (χ4v) is 3.60. The number of hydrogen-bond donors (Lipinski definition) is 1. The van der Waals surface area contributed by atoms with E-state index in [0.717, 1.165) is 24.9 Å². The van der Waals surface area contributed by atoms with Crippen LogP contribution < -0.4 is 5.32 Å². The molecule has 2 amide bonds. The first-order valence-corrected chi connectivity index (χ1v) is 8.81. The molecule has 1 aromatic heterocycles. The standard InChI is InChI=1S/C18H20N2O2S/c1-2-13-6-3-7-14(12-13)19-17(21)15-8-4-10-20(15)18(22)16-9-5-11-23-16/h3,5-7,9,11-12,15H,2,4,8,10H2,1H3,(H,19,21)/t15-/m0/s1. The molecule has 1 fully saturated rings. The van der Waals surface area contributed by atoms with Crippen LogP contribution in [0.15, 0.2) is 41.8 Å². The van der Waals surface area contributed by atoms with Crippen LogP contribution in [0.5, 0.6) is 0 Å². The van der Waals surface area contributed by atoms with Gasteiger partial charge in [-0.3, -0.25) is 9.59 Å². The first-order chi connectivity index (χ1) is 11.2. The van der Waals surface area contributed by atoms with Crippen molar-refractivity contribution in [1.29, 1.82) is 0 Å². The summed E-state index contributed by atoms with van der Waals surface area (Å²) in [5.41, 5.74) is 1.98. The average Bonchev–Trinajstić information content (AvgIpc) is 3.25. The van der Waals surface area contributed by atoms with Crippen molar-refractivity contribution in [2.75, 3.05) is 11.9 Å². The summed E-state index contributed by atoms with van der Waals surface area (Å²) in [4.78, 5) is 27.5. The van der Waals surface area contributed by atoms with E-state index < -0.39 is 0 Å². The summed E-state index contributed by atoms with van der Waals surface area (Å²) in [6.45, 7) is 2.73. The third kappa shape index (κ3) is 3.45. The average molecular weight is 328 g/mol. The summed E-state index contributed by atoms with van der Waals surface area (Å²) in [6, 6.07) is 11.1. The van der Waals surface area contributed by atoms with E-state index in [4.69, 9.17) is 0 Å². The molecule has 1 aliphatic heterocycles. The van der Waals surface area contributed by atoms with Gasteiger partial charge in [0.25, 0.3) is 5.91 Å². The van der Waals surface area contributed by atoms with Crippen molar-refractivity contribution in [3.63, 3.8) is 0 Å². The molecule has 1 saturated heterocycles. The zero-order chi connectivity index (χ0) is 16.2. The third-order valence-electron chi connectivity index (χ3n) is 4.15. The highest BCUT2D eigenvalue weighted by molar-refractivity contribution is 7.12. The molecule has 0 bridgehead atoms. The number of hydrogen-bond acceptors (Lipinski definition) is 3. The molecule has 1 aromatic carbocycles. The second-order valence-electron chi connectivity index (χ2n) is 5.68. The number of nitrogens with one attached hydrogen (secondary N) is 1. The van der Waals surface area contributed by atoms with E-state index in [9.17, 15) is 9.59 Å². The highest BCUT2D eigenvalue weighted by Crippen LogP contribution is 2.23. The Labute approximate surface area is 140 Å². The first-order valence-electron chi connectivity index (χ1n) is 7.93. The molecule has 2 heterocycles. The summed E-state index contributed by atoms with van der Waals surface area (Å²) in [5.74, 6) is -0.138. The van der Waals surface area contributed by atoms with Gasteiger partial charge in [0.05, 0.1) is 4.88 Å². The van der Waals surface area contributed by atoms with Gasteiger partial charge in [0.2, 0.25) is 5.91 Å². The Morgan fingerprint density at radius 3 is 2.91 bits per heavy atom. The molecule has 1 atom stereocenters. The number of nitrogens with zero attached hydrogens (tertiary/aromatic N) is 1. The van der Waals surface area contributed by atoms with Crippen molar-refractivity contribution in [1.82, 2.24) is 4.90 Å². The molecule has 4 nitrogen and oxygen atoms in total. The van der Waals surface area contributed by atoms with Gasteiger partial charge in [-0.1, -0.05) is 25.1 Å². The fraction of sp³-hybridized carbons (Fsp3) is 0.333. The number of thiophene rings is 1. The molecule has 2 aromatic rings. The summed E-state index contributed by atoms with van der Waals surface area (Å²) in [6.07, 6.45) is 2.51. The minimum Gasteiger partial charge on any atom is -0.326 e. The smallest absolute Gasteiger partial charge is 0.264 e. The molecule has 120 valence electrons. The summed E-state index contributed by atoms with van der Waals surface area (Å²) < 4.78 is 0. The highest BCUT2D eigenvalue weighted by atomic mass is 32.1. The normalized spacial score (nSPS) is 17.3. The second-order valence-corrected chi connectivity index (χ2v) is 6.62. The van der Waals surface area contributed by atoms with Gasteiger partial charge in [-0.2, -0.15) is 0 Å². The molecule has 0 unspecified atom stereocenters. The number of anilines is 1. The lowest BCUT2D eigenvalue weighted by molar-refractivity contribution is -0.119. The molecule has 3 rings (SSSR count). The zero-order valence-electron chi connectivity index (χ0n) is 13.1. The maximum absolute atomic E-state index is 12.6. The maximum Gasteiger partial charge on any atom is 0.264 e. The van der Waals surface area contributed by atoms with E-state index in [0.29, 0.717) is 11.4 Å². The number of carbonyl (C=O) groups is 2. The molecular formula is C18H20N2O2S. The van der Waals surface area contributed by atoms with E-state index >= 15 is 0 Å². The Balaban J connectivity index is 1.71. The number of benzene rings is 1. The molecule has 5 heteroatoms. The Bertz CT molecular complexity index is 697. The summed E-state index contributed by atoms with van der Waals surface area (Å²) in [7, 11) is 0. The molecule has 0 spiro atoms. The Morgan fingerprint density at radius 2 is 2.17 bits per heavy atom. The number of rotatable bonds is 4.